The van der Waals surface area contributed by atoms with Gasteiger partial charge in [-0.15, -0.1) is 0 Å². The van der Waals surface area contributed by atoms with Crippen molar-refractivity contribution in [3.05, 3.63) is 51.0 Å². The maximum absolute atomic E-state index is 4.27. The molecule has 0 saturated heterocycles. The van der Waals surface area contributed by atoms with Crippen molar-refractivity contribution in [2.45, 2.75) is 27.2 Å². The highest BCUT2D eigenvalue weighted by atomic mass is 79.9. The summed E-state index contributed by atoms with van der Waals surface area (Å²) in [6.45, 7) is 6.50. The number of hydrogen-bond donors (Lipinski definition) is 0. The molecule has 0 spiro atoms. The van der Waals surface area contributed by atoms with Gasteiger partial charge in [-0.1, -0.05) is 17.7 Å². The lowest BCUT2D eigenvalue weighted by Gasteiger charge is -2.12. The number of halogens is 1. The van der Waals surface area contributed by atoms with Crippen molar-refractivity contribution in [2.24, 2.45) is 7.05 Å². The molecule has 0 aliphatic heterocycles. The van der Waals surface area contributed by atoms with Crippen LogP contribution in [-0.2, 0) is 13.5 Å². The minimum absolute atomic E-state index is 0.926. The Hall–Kier alpha value is -1.09. The van der Waals surface area contributed by atoms with Crippen LogP contribution in [-0.4, -0.2) is 9.55 Å². The zero-order valence-corrected chi connectivity index (χ0v) is 12.3. The van der Waals surface area contributed by atoms with E-state index >= 15 is 0 Å². The predicted molar refractivity (Wildman–Crippen MR) is 74.4 cm³/mol. The van der Waals surface area contributed by atoms with Crippen LogP contribution in [0, 0.1) is 20.8 Å². The van der Waals surface area contributed by atoms with Crippen molar-refractivity contribution >= 4 is 15.9 Å². The Balaban J connectivity index is 2.43. The molecule has 2 aromatic rings. The van der Waals surface area contributed by atoms with E-state index in [1.807, 2.05) is 13.4 Å². The quantitative estimate of drug-likeness (QED) is 0.825. The third-order valence-electron chi connectivity index (χ3n) is 3.19. The Morgan fingerprint density at radius 3 is 2.24 bits per heavy atom. The molecule has 0 radical (unpaired) electrons. The first kappa shape index (κ1) is 12.4. The lowest BCUT2D eigenvalue weighted by Crippen LogP contribution is -2.01. The van der Waals surface area contributed by atoms with Gasteiger partial charge in [-0.3, -0.25) is 0 Å². The highest BCUT2D eigenvalue weighted by Gasteiger charge is 2.11. The van der Waals surface area contributed by atoms with Crippen LogP contribution in [0.5, 0.6) is 0 Å². The van der Waals surface area contributed by atoms with Crippen LogP contribution in [0.1, 0.15) is 27.9 Å². The Morgan fingerprint density at radius 2 is 1.76 bits per heavy atom. The molecule has 1 aromatic heterocycles. The van der Waals surface area contributed by atoms with Crippen molar-refractivity contribution in [1.82, 2.24) is 9.55 Å². The van der Waals surface area contributed by atoms with E-state index < -0.39 is 0 Å². The summed E-state index contributed by atoms with van der Waals surface area (Å²) < 4.78 is 3.02. The summed E-state index contributed by atoms with van der Waals surface area (Å²) in [5, 5.41) is 0. The molecule has 1 aromatic carbocycles. The van der Waals surface area contributed by atoms with Crippen LogP contribution in [0.3, 0.4) is 0 Å². The number of imidazole rings is 1. The topological polar surface area (TPSA) is 17.8 Å². The van der Waals surface area contributed by atoms with Gasteiger partial charge in [0.1, 0.15) is 4.60 Å². The molecule has 0 atom stereocenters. The third kappa shape index (κ3) is 2.44. The number of benzene rings is 1. The monoisotopic (exact) mass is 292 g/mol. The normalized spacial score (nSPS) is 10.9. The van der Waals surface area contributed by atoms with E-state index in [0.717, 1.165) is 11.0 Å². The molecule has 0 amide bonds. The lowest BCUT2D eigenvalue weighted by atomic mass is 9.96. The SMILES string of the molecule is Cc1cc(C)c(Cc2c(Br)ncn2C)c(C)c1. The van der Waals surface area contributed by atoms with E-state index in [-0.39, 0.29) is 0 Å². The number of rotatable bonds is 2. The number of nitrogens with zero attached hydrogens (tertiary/aromatic N) is 2. The molecule has 0 aliphatic carbocycles. The zero-order chi connectivity index (χ0) is 12.6. The largest absolute Gasteiger partial charge is 0.336 e. The Morgan fingerprint density at radius 1 is 1.18 bits per heavy atom. The molecular formula is C14H17BrN2. The van der Waals surface area contributed by atoms with E-state index in [1.54, 1.807) is 0 Å². The first-order valence-electron chi connectivity index (χ1n) is 5.71. The molecular weight excluding hydrogens is 276 g/mol. The van der Waals surface area contributed by atoms with Crippen LogP contribution in [0.2, 0.25) is 0 Å². The molecule has 3 heteroatoms. The summed E-state index contributed by atoms with van der Waals surface area (Å²) in [7, 11) is 2.03. The highest BCUT2D eigenvalue weighted by molar-refractivity contribution is 9.10. The predicted octanol–water partition coefficient (Wildman–Crippen LogP) is 3.70. The molecule has 2 nitrogen and oxygen atoms in total. The van der Waals surface area contributed by atoms with Gasteiger partial charge >= 0.3 is 0 Å². The van der Waals surface area contributed by atoms with Gasteiger partial charge in [-0.25, -0.2) is 4.98 Å². The maximum Gasteiger partial charge on any atom is 0.127 e. The fourth-order valence-corrected chi connectivity index (χ4v) is 2.79. The third-order valence-corrected chi connectivity index (χ3v) is 3.86. The molecule has 0 bridgehead atoms. The molecule has 0 aliphatic rings. The fraction of sp³-hybridized carbons (Fsp3) is 0.357. The van der Waals surface area contributed by atoms with Crippen LogP contribution >= 0.6 is 15.9 Å². The summed E-state index contributed by atoms with van der Waals surface area (Å²) in [4.78, 5) is 4.27. The highest BCUT2D eigenvalue weighted by Crippen LogP contribution is 2.23. The van der Waals surface area contributed by atoms with Gasteiger partial charge in [0.25, 0.3) is 0 Å². The maximum atomic E-state index is 4.27. The molecule has 0 N–H and O–H groups in total. The summed E-state index contributed by atoms with van der Waals surface area (Å²) in [5.41, 5.74) is 6.67. The Kier molecular flexibility index (Phi) is 3.38. The Bertz CT molecular complexity index is 513. The number of aryl methyl sites for hydroxylation is 4. The summed E-state index contributed by atoms with van der Waals surface area (Å²) in [6, 6.07) is 4.49. The van der Waals surface area contributed by atoms with Gasteiger partial charge in [0.2, 0.25) is 0 Å². The van der Waals surface area contributed by atoms with Gasteiger partial charge in [0.05, 0.1) is 12.0 Å². The molecule has 17 heavy (non-hydrogen) atoms. The number of hydrogen-bond acceptors (Lipinski definition) is 1. The van der Waals surface area contributed by atoms with Crippen LogP contribution in [0.4, 0.5) is 0 Å². The second kappa shape index (κ2) is 4.65. The first-order chi connectivity index (χ1) is 7.99. The summed E-state index contributed by atoms with van der Waals surface area (Å²) in [5.74, 6) is 0. The van der Waals surface area contributed by atoms with Gasteiger partial charge in [-0.2, -0.15) is 0 Å². The molecule has 0 fully saturated rings. The molecule has 90 valence electrons. The van der Waals surface area contributed by atoms with Gasteiger partial charge in [0.15, 0.2) is 0 Å². The second-order valence-corrected chi connectivity index (χ2v) is 5.40. The van der Waals surface area contributed by atoms with Crippen LogP contribution in [0.15, 0.2) is 23.1 Å². The zero-order valence-electron chi connectivity index (χ0n) is 10.7. The van der Waals surface area contributed by atoms with E-state index in [2.05, 4.69) is 58.4 Å². The van der Waals surface area contributed by atoms with Crippen molar-refractivity contribution in [1.29, 1.82) is 0 Å². The summed E-state index contributed by atoms with van der Waals surface area (Å²) in [6.07, 6.45) is 2.77. The van der Waals surface area contributed by atoms with Gasteiger partial charge < -0.3 is 4.57 Å². The molecule has 2 rings (SSSR count). The Labute approximate surface area is 111 Å². The first-order valence-corrected chi connectivity index (χ1v) is 6.50. The van der Waals surface area contributed by atoms with Crippen molar-refractivity contribution in [3.63, 3.8) is 0 Å². The van der Waals surface area contributed by atoms with E-state index in [4.69, 9.17) is 0 Å². The van der Waals surface area contributed by atoms with Crippen molar-refractivity contribution < 1.29 is 0 Å². The lowest BCUT2D eigenvalue weighted by molar-refractivity contribution is 0.838. The molecule has 1 heterocycles. The minimum atomic E-state index is 0.926. The standard InChI is InChI=1S/C14H17BrN2/c1-9-5-10(2)12(11(3)6-9)7-13-14(15)16-8-17(13)4/h5-6,8H,7H2,1-4H3. The van der Waals surface area contributed by atoms with Crippen LogP contribution < -0.4 is 0 Å². The van der Waals surface area contributed by atoms with Crippen molar-refractivity contribution in [3.8, 4) is 0 Å². The molecule has 0 unspecified atom stereocenters. The number of aromatic nitrogens is 2. The van der Waals surface area contributed by atoms with Crippen molar-refractivity contribution in [2.75, 3.05) is 0 Å². The summed E-state index contributed by atoms with van der Waals surface area (Å²) >= 11 is 3.51. The molecule has 0 saturated carbocycles. The smallest absolute Gasteiger partial charge is 0.127 e. The van der Waals surface area contributed by atoms with E-state index in [9.17, 15) is 0 Å². The van der Waals surface area contributed by atoms with E-state index in [1.165, 1.54) is 27.9 Å². The fourth-order valence-electron chi connectivity index (χ4n) is 2.28. The average molecular weight is 293 g/mol. The van der Waals surface area contributed by atoms with E-state index in [0.29, 0.717) is 0 Å². The average Bonchev–Trinajstić information content (AvgIpc) is 2.53. The van der Waals surface area contributed by atoms with Crippen LogP contribution in [0.25, 0.3) is 0 Å². The minimum Gasteiger partial charge on any atom is -0.336 e. The van der Waals surface area contributed by atoms with Gasteiger partial charge in [-0.05, 0) is 53.4 Å². The van der Waals surface area contributed by atoms with Gasteiger partial charge in [0, 0.05) is 13.5 Å². The second-order valence-electron chi connectivity index (χ2n) is 4.65.